The molecular formula is C34H51ClN10O3S. The highest BCUT2D eigenvalue weighted by Gasteiger charge is 2.24. The summed E-state index contributed by atoms with van der Waals surface area (Å²) >= 11 is 7.52. The van der Waals surface area contributed by atoms with Crippen LogP contribution in [0.2, 0.25) is 5.02 Å². The fourth-order valence-electron chi connectivity index (χ4n) is 5.07. The van der Waals surface area contributed by atoms with E-state index in [4.69, 9.17) is 32.7 Å². The third-order valence-electron chi connectivity index (χ3n) is 7.56. The minimum Gasteiger partial charge on any atom is -0.399 e. The van der Waals surface area contributed by atoms with Crippen LogP contribution in [0.4, 0.5) is 22.5 Å². The molecule has 0 bridgehead atoms. The van der Waals surface area contributed by atoms with E-state index in [0.29, 0.717) is 64.4 Å². The van der Waals surface area contributed by atoms with Crippen LogP contribution >= 0.6 is 22.9 Å². The lowest BCUT2D eigenvalue weighted by Gasteiger charge is -2.35. The number of hydrazine groups is 1. The number of carbonyl (C=O) groups excluding carboxylic acids is 1. The Morgan fingerprint density at radius 2 is 1.88 bits per heavy atom. The van der Waals surface area contributed by atoms with Crippen molar-refractivity contribution in [3.63, 3.8) is 0 Å². The molecule has 3 heterocycles. The number of para-hydroxylation sites is 1. The second-order valence-electron chi connectivity index (χ2n) is 14.1. The van der Waals surface area contributed by atoms with Crippen LogP contribution < -0.4 is 27.1 Å². The van der Waals surface area contributed by atoms with Crippen LogP contribution in [-0.2, 0) is 9.47 Å². The highest BCUT2D eigenvalue weighted by molar-refractivity contribution is 7.17. The number of aryl methyl sites for hydroxylation is 2. The molecule has 0 unspecified atom stereocenters. The molecule has 0 atom stereocenters. The van der Waals surface area contributed by atoms with E-state index in [0.717, 1.165) is 44.1 Å². The molecule has 4 rings (SSSR count). The molecule has 0 spiro atoms. The fourth-order valence-corrected chi connectivity index (χ4v) is 6.05. The van der Waals surface area contributed by atoms with Gasteiger partial charge in [-0.15, -0.1) is 0 Å². The van der Waals surface area contributed by atoms with Gasteiger partial charge in [0.2, 0.25) is 0 Å². The Morgan fingerprint density at radius 1 is 1.14 bits per heavy atom. The summed E-state index contributed by atoms with van der Waals surface area (Å²) in [7, 11) is 0. The van der Waals surface area contributed by atoms with Crippen LogP contribution in [0.3, 0.4) is 0 Å². The smallest absolute Gasteiger partial charge is 0.267 e. The number of benzene rings is 1. The van der Waals surface area contributed by atoms with E-state index in [2.05, 4.69) is 56.2 Å². The average molecular weight is 715 g/mol. The van der Waals surface area contributed by atoms with Gasteiger partial charge in [0.25, 0.3) is 5.91 Å². The predicted octanol–water partition coefficient (Wildman–Crippen LogP) is 5.15. The molecule has 1 aromatic carbocycles. The Kier molecular flexibility index (Phi) is 13.2. The van der Waals surface area contributed by atoms with Gasteiger partial charge in [-0.05, 0) is 44.7 Å². The number of thiazole rings is 1. The van der Waals surface area contributed by atoms with Crippen LogP contribution in [0.25, 0.3) is 0 Å². The fraction of sp³-hybridized carbons (Fsp3) is 0.529. The molecule has 0 radical (unpaired) electrons. The van der Waals surface area contributed by atoms with Crippen molar-refractivity contribution in [3.8, 4) is 0 Å². The summed E-state index contributed by atoms with van der Waals surface area (Å²) in [4.78, 5) is 31.5. The monoisotopic (exact) mass is 714 g/mol. The van der Waals surface area contributed by atoms with Crippen LogP contribution in [0.1, 0.15) is 55.7 Å². The second-order valence-corrected chi connectivity index (χ2v) is 15.5. The molecule has 2 aromatic heterocycles. The minimum absolute atomic E-state index is 0.0808. The third-order valence-corrected chi connectivity index (χ3v) is 8.78. The van der Waals surface area contributed by atoms with Crippen molar-refractivity contribution in [1.29, 1.82) is 0 Å². The predicted molar refractivity (Wildman–Crippen MR) is 198 cm³/mol. The van der Waals surface area contributed by atoms with Gasteiger partial charge in [-0.1, -0.05) is 55.8 Å². The Labute approximate surface area is 299 Å². The Balaban J connectivity index is 1.20. The maximum absolute atomic E-state index is 12.9. The van der Waals surface area contributed by atoms with Gasteiger partial charge in [0.1, 0.15) is 22.3 Å². The number of piperazine rings is 1. The molecule has 1 aliphatic rings. The van der Waals surface area contributed by atoms with E-state index in [-0.39, 0.29) is 11.3 Å². The van der Waals surface area contributed by atoms with E-state index in [1.165, 1.54) is 17.5 Å². The van der Waals surface area contributed by atoms with Crippen LogP contribution in [0, 0.1) is 19.3 Å². The van der Waals surface area contributed by atoms with Crippen molar-refractivity contribution in [2.24, 2.45) is 17.0 Å². The zero-order valence-corrected chi connectivity index (χ0v) is 31.2. The Morgan fingerprint density at radius 3 is 2.57 bits per heavy atom. The molecule has 3 aromatic rings. The van der Waals surface area contributed by atoms with Gasteiger partial charge < -0.3 is 35.7 Å². The number of nitrogens with zero attached hydrogens (tertiary/aromatic N) is 6. The maximum atomic E-state index is 12.9. The lowest BCUT2D eigenvalue weighted by Crippen LogP contribution is -2.47. The number of rotatable bonds is 15. The van der Waals surface area contributed by atoms with E-state index >= 15 is 0 Å². The zero-order valence-electron chi connectivity index (χ0n) is 29.7. The van der Waals surface area contributed by atoms with Crippen molar-refractivity contribution in [2.45, 2.75) is 54.1 Å². The number of amides is 1. The number of aromatic nitrogens is 3. The molecule has 1 amide bonds. The standard InChI is InChI=1S/C34H51ClN10O3S/c1-23-9-8-10-26(35)30(23)42-31(46)27-18-38-32(49-27)41-28-17-29(40-24(2)39-28)44-13-11-43(12-14-44)15-16-47-20-25(36)19-45(37)21-34(6,7)48-22-33(3,4)5/h8-10,17-19H,11-16,20-22,36-37H2,1-7H3,(H,42,46)(H,38,39,40,41)/b25-19-. The summed E-state index contributed by atoms with van der Waals surface area (Å²) in [6.07, 6.45) is 3.25. The molecule has 268 valence electrons. The Bertz CT molecular complexity index is 1560. The van der Waals surface area contributed by atoms with Gasteiger partial charge in [0.05, 0.1) is 54.6 Å². The van der Waals surface area contributed by atoms with Crippen molar-refractivity contribution in [1.82, 2.24) is 24.9 Å². The highest BCUT2D eigenvalue weighted by atomic mass is 35.5. The molecular weight excluding hydrogens is 664 g/mol. The summed E-state index contributed by atoms with van der Waals surface area (Å²) in [6.45, 7) is 20.4. The summed E-state index contributed by atoms with van der Waals surface area (Å²) in [5.41, 5.74) is 7.88. The van der Waals surface area contributed by atoms with Gasteiger partial charge >= 0.3 is 0 Å². The summed E-state index contributed by atoms with van der Waals surface area (Å²) in [5, 5.41) is 8.73. The minimum atomic E-state index is -0.409. The number of hydrogen-bond donors (Lipinski definition) is 4. The van der Waals surface area contributed by atoms with Crippen molar-refractivity contribution in [3.05, 3.63) is 63.6 Å². The first-order valence-corrected chi connectivity index (χ1v) is 17.6. The average Bonchev–Trinajstić information content (AvgIpc) is 3.48. The molecule has 0 saturated carbocycles. The van der Waals surface area contributed by atoms with E-state index in [9.17, 15) is 4.79 Å². The van der Waals surface area contributed by atoms with Crippen molar-refractivity contribution >= 4 is 51.3 Å². The number of nitrogens with two attached hydrogens (primary N) is 2. The van der Waals surface area contributed by atoms with Gasteiger partial charge in [-0.25, -0.2) is 20.8 Å². The van der Waals surface area contributed by atoms with Crippen LogP contribution in [-0.4, -0.2) is 95.5 Å². The summed E-state index contributed by atoms with van der Waals surface area (Å²) in [6, 6.07) is 7.39. The first-order chi connectivity index (χ1) is 23.1. The third kappa shape index (κ3) is 12.4. The maximum Gasteiger partial charge on any atom is 0.267 e. The number of halogens is 1. The van der Waals surface area contributed by atoms with E-state index < -0.39 is 5.60 Å². The topological polar surface area (TPSA) is 160 Å². The largest absolute Gasteiger partial charge is 0.399 e. The lowest BCUT2D eigenvalue weighted by molar-refractivity contribution is -0.0623. The molecule has 1 aliphatic heterocycles. The Hall–Kier alpha value is -3.53. The molecule has 49 heavy (non-hydrogen) atoms. The number of anilines is 4. The summed E-state index contributed by atoms with van der Waals surface area (Å²) < 4.78 is 11.9. The molecule has 0 aliphatic carbocycles. The first-order valence-electron chi connectivity index (χ1n) is 16.4. The van der Waals surface area contributed by atoms with Crippen LogP contribution in [0.5, 0.6) is 0 Å². The quantitative estimate of drug-likeness (QED) is 0.0933. The second kappa shape index (κ2) is 16.9. The lowest BCUT2D eigenvalue weighted by atomic mass is 9.98. The van der Waals surface area contributed by atoms with Crippen LogP contribution in [0.15, 0.2) is 42.4 Å². The number of carbonyl (C=O) groups is 1. The summed E-state index contributed by atoms with van der Waals surface area (Å²) in [5.74, 6) is 8.00. The normalized spacial score (nSPS) is 14.6. The molecule has 13 nitrogen and oxygen atoms in total. The van der Waals surface area contributed by atoms with E-state index in [1.807, 2.05) is 45.9 Å². The SMILES string of the molecule is Cc1nc(Nc2ncc(C(=O)Nc3c(C)cccc3Cl)s2)cc(N2CCN(CCOC/C(N)=C/N(N)CC(C)(C)OCC(C)(C)C)CC2)n1. The van der Waals surface area contributed by atoms with Gasteiger partial charge in [0.15, 0.2) is 5.13 Å². The number of ether oxygens (including phenoxy) is 2. The number of hydrogen-bond acceptors (Lipinski definition) is 13. The number of nitrogens with one attached hydrogen (secondary N) is 2. The molecule has 1 fully saturated rings. The van der Waals surface area contributed by atoms with Crippen molar-refractivity contribution in [2.75, 3.05) is 74.6 Å². The molecule has 15 heteroatoms. The molecule has 6 N–H and O–H groups in total. The van der Waals surface area contributed by atoms with E-state index in [1.54, 1.807) is 17.3 Å². The first kappa shape index (κ1) is 38.3. The van der Waals surface area contributed by atoms with Gasteiger partial charge in [-0.2, -0.15) is 0 Å². The highest BCUT2D eigenvalue weighted by Crippen LogP contribution is 2.28. The van der Waals surface area contributed by atoms with Gasteiger partial charge in [0, 0.05) is 45.0 Å². The molecule has 1 saturated heterocycles. The van der Waals surface area contributed by atoms with Crippen molar-refractivity contribution < 1.29 is 14.3 Å². The van der Waals surface area contributed by atoms with Gasteiger partial charge in [-0.3, -0.25) is 9.69 Å². The zero-order chi connectivity index (χ0) is 35.8.